The molecular formula is C42H66N8O10S2. The van der Waals surface area contributed by atoms with Crippen LogP contribution in [0.2, 0.25) is 0 Å². The summed E-state index contributed by atoms with van der Waals surface area (Å²) < 4.78 is 22.1. The van der Waals surface area contributed by atoms with Crippen molar-refractivity contribution in [3.05, 3.63) is 34.9 Å². The molecule has 5 rings (SSSR count). The third kappa shape index (κ3) is 16.1. The van der Waals surface area contributed by atoms with Crippen LogP contribution in [0.5, 0.6) is 0 Å². The van der Waals surface area contributed by atoms with Crippen LogP contribution in [-0.2, 0) is 28.5 Å². The van der Waals surface area contributed by atoms with Gasteiger partial charge in [0.25, 0.3) is 11.8 Å². The fourth-order valence-corrected chi connectivity index (χ4v) is 11.1. The molecule has 6 unspecified atom stereocenters. The van der Waals surface area contributed by atoms with Gasteiger partial charge in [0.2, 0.25) is 11.8 Å². The molecule has 1 aromatic rings. The lowest BCUT2D eigenvalue weighted by molar-refractivity contribution is -0.122. The Labute approximate surface area is 373 Å². The molecule has 346 valence electrons. The monoisotopic (exact) mass is 906 g/mol. The number of fused-ring (bicyclic) bond motifs is 2. The number of nitrogens with one attached hydrogen (secondary N) is 8. The van der Waals surface area contributed by atoms with Crippen LogP contribution in [0.15, 0.2) is 18.2 Å². The van der Waals surface area contributed by atoms with E-state index in [4.69, 9.17) is 18.9 Å². The third-order valence-electron chi connectivity index (χ3n) is 11.2. The largest absolute Gasteiger partial charge is 0.381 e. The Kier molecular flexibility index (Phi) is 21.2. The highest BCUT2D eigenvalue weighted by molar-refractivity contribution is 8.00. The first-order chi connectivity index (χ1) is 30.1. The predicted octanol–water partition coefficient (Wildman–Crippen LogP) is 2.33. The zero-order valence-corrected chi connectivity index (χ0v) is 37.7. The van der Waals surface area contributed by atoms with Gasteiger partial charge in [-0.25, -0.2) is 9.59 Å². The Morgan fingerprint density at radius 3 is 1.53 bits per heavy atom. The van der Waals surface area contributed by atoms with E-state index in [0.717, 1.165) is 50.0 Å². The Hall–Kier alpha value is -3.82. The third-order valence-corrected chi connectivity index (χ3v) is 14.2. The average Bonchev–Trinajstić information content (AvgIpc) is 4.03. The number of methoxy groups -OCH3 is 2. The zero-order valence-electron chi connectivity index (χ0n) is 36.0. The van der Waals surface area contributed by atoms with Crippen molar-refractivity contribution in [1.29, 1.82) is 0 Å². The van der Waals surface area contributed by atoms with E-state index in [0.29, 0.717) is 87.6 Å². The predicted molar refractivity (Wildman–Crippen MR) is 237 cm³/mol. The Morgan fingerprint density at radius 1 is 0.597 bits per heavy atom. The van der Waals surface area contributed by atoms with Crippen molar-refractivity contribution in [2.75, 3.05) is 78.3 Å². The minimum absolute atomic E-state index is 0.0146. The van der Waals surface area contributed by atoms with Crippen molar-refractivity contribution in [1.82, 2.24) is 42.5 Å². The SMILES string of the molecule is COC(OC)c1cc(C(=O)NCCCOCCCNC(=O)CCCCC2SCC3NC(=O)NC32)cc(C(=O)NCCOCCCNC(=O)CCCCC2SCC3NC(=O)NC32)c1. The normalized spacial score (nSPS) is 22.3. The van der Waals surface area contributed by atoms with Crippen LogP contribution in [0.3, 0.4) is 0 Å². The molecule has 0 bridgehead atoms. The first kappa shape index (κ1) is 49.2. The summed E-state index contributed by atoms with van der Waals surface area (Å²) >= 11 is 3.77. The summed E-state index contributed by atoms with van der Waals surface area (Å²) in [5, 5.41) is 24.3. The standard InChI is InChI=1S/C42H66N8O10S2/c1-57-40(58-2)29-23-27(38(53)45-16-9-19-59-18-7-14-43-34(51)12-5-3-10-32-36-30(25-61-32)47-41(55)49-36)22-28(24-29)39(54)46-17-21-60-20-8-15-44-35(52)13-6-4-11-33-37-31(26-62-33)48-42(56)50-37/h22-24,30-33,36-37,40H,3-21,25-26H2,1-2H3,(H,43,51)(H,44,52)(H,45,53)(H,46,54)(H2,47,49,55)(H2,48,50,56). The molecule has 18 nitrogen and oxygen atoms in total. The van der Waals surface area contributed by atoms with Gasteiger partial charge in [-0.15, -0.1) is 0 Å². The molecule has 4 fully saturated rings. The van der Waals surface area contributed by atoms with Gasteiger partial charge in [-0.3, -0.25) is 19.2 Å². The van der Waals surface area contributed by atoms with Gasteiger partial charge < -0.3 is 61.5 Å². The second-order valence-electron chi connectivity index (χ2n) is 15.9. The number of hydrogen-bond acceptors (Lipinski definition) is 12. The summed E-state index contributed by atoms with van der Waals surface area (Å²) in [6.45, 7) is 3.29. The first-order valence-corrected chi connectivity index (χ1v) is 24.1. The maximum Gasteiger partial charge on any atom is 0.315 e. The van der Waals surface area contributed by atoms with Crippen LogP contribution in [0.1, 0.15) is 103 Å². The van der Waals surface area contributed by atoms with Crippen molar-refractivity contribution >= 4 is 59.2 Å². The highest BCUT2D eigenvalue weighted by Gasteiger charge is 2.43. The van der Waals surface area contributed by atoms with Gasteiger partial charge in [0, 0.05) is 112 Å². The number of unbranched alkanes of at least 4 members (excludes halogenated alkanes) is 2. The number of ether oxygens (including phenoxy) is 4. The lowest BCUT2D eigenvalue weighted by atomic mass is 10.0. The van der Waals surface area contributed by atoms with Gasteiger partial charge in [0.15, 0.2) is 6.29 Å². The maximum absolute atomic E-state index is 13.1. The summed E-state index contributed by atoms with van der Waals surface area (Å²) in [4.78, 5) is 73.8. The smallest absolute Gasteiger partial charge is 0.315 e. The molecule has 0 aliphatic carbocycles. The summed E-state index contributed by atoms with van der Waals surface area (Å²) in [6.07, 6.45) is 7.54. The number of carbonyl (C=O) groups excluding carboxylic acids is 6. The molecule has 0 saturated carbocycles. The maximum atomic E-state index is 13.1. The molecule has 62 heavy (non-hydrogen) atoms. The van der Waals surface area contributed by atoms with E-state index >= 15 is 0 Å². The Balaban J connectivity index is 0.868. The Bertz CT molecular complexity index is 1640. The fraction of sp³-hybridized carbons (Fsp3) is 0.714. The van der Waals surface area contributed by atoms with Crippen molar-refractivity contribution in [2.45, 2.75) is 112 Å². The second-order valence-corrected chi connectivity index (χ2v) is 18.4. The summed E-state index contributed by atoms with van der Waals surface area (Å²) in [5.41, 5.74) is 1.08. The van der Waals surface area contributed by atoms with Crippen LogP contribution in [0, 0.1) is 0 Å². The van der Waals surface area contributed by atoms with Gasteiger partial charge >= 0.3 is 12.1 Å². The highest BCUT2D eigenvalue weighted by Crippen LogP contribution is 2.34. The van der Waals surface area contributed by atoms with Gasteiger partial charge in [0.05, 0.1) is 30.8 Å². The number of rotatable bonds is 30. The summed E-state index contributed by atoms with van der Waals surface area (Å²) in [7, 11) is 2.95. The summed E-state index contributed by atoms with van der Waals surface area (Å²) in [6, 6.07) is 5.44. The summed E-state index contributed by atoms with van der Waals surface area (Å²) in [5.74, 6) is 1.19. The van der Waals surface area contributed by atoms with Gasteiger partial charge in [-0.05, 0) is 63.1 Å². The zero-order chi connectivity index (χ0) is 44.1. The van der Waals surface area contributed by atoms with E-state index < -0.39 is 6.29 Å². The number of amides is 8. The quantitative estimate of drug-likeness (QED) is 0.0316. The van der Waals surface area contributed by atoms with Crippen LogP contribution in [-0.4, -0.2) is 149 Å². The molecule has 8 N–H and O–H groups in total. The van der Waals surface area contributed by atoms with Crippen molar-refractivity contribution < 1.29 is 47.7 Å². The number of carbonyl (C=O) groups is 6. The molecule has 4 aliphatic heterocycles. The molecule has 0 spiro atoms. The van der Waals surface area contributed by atoms with Crippen molar-refractivity contribution in [3.63, 3.8) is 0 Å². The molecule has 0 radical (unpaired) electrons. The van der Waals surface area contributed by atoms with Crippen molar-refractivity contribution in [2.24, 2.45) is 0 Å². The van der Waals surface area contributed by atoms with E-state index in [9.17, 15) is 28.8 Å². The average molecular weight is 907 g/mol. The topological polar surface area (TPSA) is 236 Å². The molecule has 4 aliphatic rings. The number of benzene rings is 1. The van der Waals surface area contributed by atoms with E-state index in [2.05, 4.69) is 42.5 Å². The molecule has 4 heterocycles. The number of hydrogen-bond donors (Lipinski definition) is 8. The van der Waals surface area contributed by atoms with Crippen LogP contribution < -0.4 is 42.5 Å². The van der Waals surface area contributed by atoms with E-state index in [1.54, 1.807) is 12.1 Å². The van der Waals surface area contributed by atoms with Crippen LogP contribution in [0.25, 0.3) is 0 Å². The molecule has 1 aromatic carbocycles. The van der Waals surface area contributed by atoms with E-state index in [1.165, 1.54) is 20.3 Å². The lowest BCUT2D eigenvalue weighted by Gasteiger charge is -2.17. The second kappa shape index (κ2) is 26.7. The Morgan fingerprint density at radius 2 is 1.05 bits per heavy atom. The van der Waals surface area contributed by atoms with E-state index in [-0.39, 0.29) is 84.1 Å². The molecular weight excluding hydrogens is 841 g/mol. The number of thioether (sulfide) groups is 2. The molecule has 6 atom stereocenters. The lowest BCUT2D eigenvalue weighted by Crippen LogP contribution is -2.36. The van der Waals surface area contributed by atoms with Gasteiger partial charge in [-0.2, -0.15) is 23.5 Å². The van der Waals surface area contributed by atoms with Crippen LogP contribution in [0.4, 0.5) is 9.59 Å². The van der Waals surface area contributed by atoms with Crippen LogP contribution >= 0.6 is 23.5 Å². The van der Waals surface area contributed by atoms with E-state index in [1.807, 2.05) is 23.5 Å². The first-order valence-electron chi connectivity index (χ1n) is 22.0. The molecule has 8 amide bonds. The molecule has 4 saturated heterocycles. The number of urea groups is 2. The van der Waals surface area contributed by atoms with Crippen molar-refractivity contribution in [3.8, 4) is 0 Å². The minimum Gasteiger partial charge on any atom is -0.381 e. The fourth-order valence-electron chi connectivity index (χ4n) is 7.97. The van der Waals surface area contributed by atoms with Gasteiger partial charge in [0.1, 0.15) is 0 Å². The molecule has 20 heteroatoms. The highest BCUT2D eigenvalue weighted by atomic mass is 32.2. The molecule has 0 aromatic heterocycles. The van der Waals surface area contributed by atoms with Gasteiger partial charge in [-0.1, -0.05) is 12.8 Å². The minimum atomic E-state index is -0.777.